The number of rotatable bonds is 8. The first-order valence-electron chi connectivity index (χ1n) is 11.3. The Hall–Kier alpha value is -3.44. The lowest BCUT2D eigenvalue weighted by atomic mass is 10.1. The van der Waals surface area contributed by atoms with Gasteiger partial charge in [-0.2, -0.15) is 0 Å². The first kappa shape index (κ1) is 25.2. The van der Waals surface area contributed by atoms with Crippen molar-refractivity contribution in [1.29, 1.82) is 0 Å². The van der Waals surface area contributed by atoms with Gasteiger partial charge in [-0.05, 0) is 54.6 Å². The summed E-state index contributed by atoms with van der Waals surface area (Å²) in [6.45, 7) is 4.80. The lowest BCUT2D eigenvalue weighted by molar-refractivity contribution is -0.142. The number of ether oxygens (including phenoxy) is 2. The van der Waals surface area contributed by atoms with Gasteiger partial charge in [-0.1, -0.05) is 36.1 Å². The molecule has 0 radical (unpaired) electrons. The van der Waals surface area contributed by atoms with Crippen molar-refractivity contribution < 1.29 is 19.1 Å². The van der Waals surface area contributed by atoms with Gasteiger partial charge in [0.05, 0.1) is 20.3 Å². The maximum Gasteiger partial charge on any atom is 0.329 e. The normalized spacial score (nSPS) is 14.8. The van der Waals surface area contributed by atoms with E-state index in [-0.39, 0.29) is 12.5 Å². The van der Waals surface area contributed by atoms with Gasteiger partial charge < -0.3 is 20.1 Å². The number of nitrogens with zero attached hydrogens (tertiary/aromatic N) is 1. The second kappa shape index (κ2) is 13.3. The molecule has 2 N–H and O–H groups in total. The summed E-state index contributed by atoms with van der Waals surface area (Å²) in [6.07, 6.45) is 3.79. The van der Waals surface area contributed by atoms with Gasteiger partial charge in [-0.25, -0.2) is 4.79 Å². The van der Waals surface area contributed by atoms with Crippen LogP contribution >= 0.6 is 0 Å². The largest absolute Gasteiger partial charge is 0.467 e. The van der Waals surface area contributed by atoms with Crippen LogP contribution in [-0.4, -0.2) is 69.8 Å². The third-order valence-electron chi connectivity index (χ3n) is 5.41. The number of carbonyl (C=O) groups excluding carboxylic acids is 2. The standard InChI is InChI=1S/C27H31N3O4/c1-28-19-25(27(32)33-2)29-26(31)24-13-11-22(12-14-24)6-4-3-5-21-7-9-23(10-8-21)20-30-15-17-34-18-16-30/h3,5,7-14,25,28H,15-20H2,1-2H3,(H,29,31)/t25-/m0/s1. The minimum absolute atomic E-state index is 0.283. The van der Waals surface area contributed by atoms with Crippen molar-refractivity contribution in [2.45, 2.75) is 12.6 Å². The number of esters is 1. The molecule has 34 heavy (non-hydrogen) atoms. The SMILES string of the molecule is CNC[C@H](NC(=O)c1ccc(C#CC=Cc2ccc(CN3CCOCC3)cc2)cc1)C(=O)OC. The molecule has 178 valence electrons. The predicted molar refractivity (Wildman–Crippen MR) is 132 cm³/mol. The molecular formula is C27H31N3O4. The van der Waals surface area contributed by atoms with Crippen molar-refractivity contribution in [3.05, 3.63) is 76.9 Å². The summed E-state index contributed by atoms with van der Waals surface area (Å²) >= 11 is 0. The maximum absolute atomic E-state index is 12.4. The Labute approximate surface area is 201 Å². The molecule has 3 rings (SSSR count). The number of benzene rings is 2. The van der Waals surface area contributed by atoms with Crippen molar-refractivity contribution >= 4 is 18.0 Å². The molecule has 1 fully saturated rings. The van der Waals surface area contributed by atoms with Crippen molar-refractivity contribution in [2.24, 2.45) is 0 Å². The Morgan fingerprint density at radius 3 is 2.47 bits per heavy atom. The summed E-state index contributed by atoms with van der Waals surface area (Å²) < 4.78 is 10.1. The third kappa shape index (κ3) is 7.85. The van der Waals surface area contributed by atoms with Crippen LogP contribution in [0.5, 0.6) is 0 Å². The second-order valence-corrected chi connectivity index (χ2v) is 7.92. The summed E-state index contributed by atoms with van der Waals surface area (Å²) in [5.41, 5.74) is 3.62. The van der Waals surface area contributed by atoms with E-state index in [1.54, 1.807) is 31.3 Å². The highest BCUT2D eigenvalue weighted by Crippen LogP contribution is 2.10. The Morgan fingerprint density at radius 2 is 1.82 bits per heavy atom. The van der Waals surface area contributed by atoms with Gasteiger partial charge in [-0.3, -0.25) is 9.69 Å². The summed E-state index contributed by atoms with van der Waals surface area (Å²) in [7, 11) is 2.99. The van der Waals surface area contributed by atoms with E-state index in [0.717, 1.165) is 44.0 Å². The first-order valence-corrected chi connectivity index (χ1v) is 11.3. The monoisotopic (exact) mass is 461 g/mol. The van der Waals surface area contributed by atoms with Crippen LogP contribution in [0.2, 0.25) is 0 Å². The number of methoxy groups -OCH3 is 1. The minimum atomic E-state index is -0.750. The molecule has 1 saturated heterocycles. The van der Waals surface area contributed by atoms with Crippen LogP contribution in [-0.2, 0) is 20.8 Å². The van der Waals surface area contributed by atoms with Gasteiger partial charge in [0.15, 0.2) is 0 Å². The van der Waals surface area contributed by atoms with Crippen LogP contribution in [0, 0.1) is 11.8 Å². The van der Waals surface area contributed by atoms with Crippen molar-refractivity contribution in [2.75, 3.05) is 47.0 Å². The molecule has 1 aliphatic heterocycles. The van der Waals surface area contributed by atoms with Crippen LogP contribution in [0.15, 0.2) is 54.6 Å². The molecule has 1 heterocycles. The zero-order valence-corrected chi connectivity index (χ0v) is 19.7. The van der Waals surface area contributed by atoms with E-state index in [1.165, 1.54) is 12.7 Å². The predicted octanol–water partition coefficient (Wildman–Crippen LogP) is 2.07. The topological polar surface area (TPSA) is 79.9 Å². The van der Waals surface area contributed by atoms with Crippen LogP contribution < -0.4 is 10.6 Å². The molecule has 0 saturated carbocycles. The van der Waals surface area contributed by atoms with Gasteiger partial charge >= 0.3 is 5.97 Å². The molecule has 2 aromatic rings. The number of likely N-dealkylation sites (N-methyl/N-ethyl adjacent to an activating group) is 1. The number of amides is 1. The van der Waals surface area contributed by atoms with Gasteiger partial charge in [0, 0.05) is 37.3 Å². The van der Waals surface area contributed by atoms with Gasteiger partial charge in [0.25, 0.3) is 5.91 Å². The Kier molecular flexibility index (Phi) is 9.86. The number of allylic oxidation sites excluding steroid dienone is 1. The summed E-state index contributed by atoms with van der Waals surface area (Å²) in [6, 6.07) is 14.7. The molecule has 2 aromatic carbocycles. The average Bonchev–Trinajstić information content (AvgIpc) is 2.87. The lowest BCUT2D eigenvalue weighted by Gasteiger charge is -2.26. The van der Waals surface area contributed by atoms with Gasteiger partial charge in [0.2, 0.25) is 0 Å². The average molecular weight is 462 g/mol. The molecular weight excluding hydrogens is 430 g/mol. The fourth-order valence-electron chi connectivity index (χ4n) is 3.50. The van der Waals surface area contributed by atoms with Gasteiger partial charge in [0.1, 0.15) is 6.04 Å². The minimum Gasteiger partial charge on any atom is -0.467 e. The molecule has 7 heteroatoms. The van der Waals surface area contributed by atoms with E-state index in [2.05, 4.69) is 51.6 Å². The van der Waals surface area contributed by atoms with E-state index in [0.29, 0.717) is 5.56 Å². The van der Waals surface area contributed by atoms with Crippen molar-refractivity contribution in [1.82, 2.24) is 15.5 Å². The molecule has 0 aliphatic carbocycles. The van der Waals surface area contributed by atoms with Crippen molar-refractivity contribution in [3.63, 3.8) is 0 Å². The fourth-order valence-corrected chi connectivity index (χ4v) is 3.50. The van der Waals surface area contributed by atoms with Crippen LogP contribution in [0.1, 0.15) is 27.0 Å². The maximum atomic E-state index is 12.4. The molecule has 0 bridgehead atoms. The molecule has 7 nitrogen and oxygen atoms in total. The van der Waals surface area contributed by atoms with Gasteiger partial charge in [-0.15, -0.1) is 0 Å². The lowest BCUT2D eigenvalue weighted by Crippen LogP contribution is -2.47. The first-order chi connectivity index (χ1) is 16.6. The summed E-state index contributed by atoms with van der Waals surface area (Å²) in [5.74, 6) is 5.25. The van der Waals surface area contributed by atoms with Crippen molar-refractivity contribution in [3.8, 4) is 11.8 Å². The molecule has 1 aliphatic rings. The van der Waals surface area contributed by atoms with Crippen LogP contribution in [0.4, 0.5) is 0 Å². The Balaban J connectivity index is 1.51. The van der Waals surface area contributed by atoms with E-state index in [9.17, 15) is 9.59 Å². The number of carbonyl (C=O) groups is 2. The van der Waals surface area contributed by atoms with E-state index in [1.807, 2.05) is 12.2 Å². The van der Waals surface area contributed by atoms with Crippen LogP contribution in [0.3, 0.4) is 0 Å². The summed E-state index contributed by atoms with van der Waals surface area (Å²) in [5, 5.41) is 5.53. The fraction of sp³-hybridized carbons (Fsp3) is 0.333. The zero-order valence-electron chi connectivity index (χ0n) is 19.7. The van der Waals surface area contributed by atoms with E-state index in [4.69, 9.17) is 9.47 Å². The molecule has 0 aromatic heterocycles. The molecule has 0 unspecified atom stereocenters. The highest BCUT2D eigenvalue weighted by molar-refractivity contribution is 5.96. The quantitative estimate of drug-likeness (QED) is 0.463. The summed E-state index contributed by atoms with van der Waals surface area (Å²) in [4.78, 5) is 26.6. The molecule has 1 atom stereocenters. The van der Waals surface area contributed by atoms with E-state index >= 15 is 0 Å². The molecule has 1 amide bonds. The highest BCUT2D eigenvalue weighted by Gasteiger charge is 2.21. The third-order valence-corrected chi connectivity index (χ3v) is 5.41. The Morgan fingerprint density at radius 1 is 1.12 bits per heavy atom. The number of morpholine rings is 1. The zero-order chi connectivity index (χ0) is 24.2. The molecule has 0 spiro atoms. The highest BCUT2D eigenvalue weighted by atomic mass is 16.5. The van der Waals surface area contributed by atoms with Crippen LogP contribution in [0.25, 0.3) is 6.08 Å². The number of hydrogen-bond acceptors (Lipinski definition) is 6. The number of nitrogens with one attached hydrogen (secondary N) is 2. The Bertz CT molecular complexity index is 1030. The smallest absolute Gasteiger partial charge is 0.329 e. The second-order valence-electron chi connectivity index (χ2n) is 7.92. The number of hydrogen-bond donors (Lipinski definition) is 2. The van der Waals surface area contributed by atoms with E-state index < -0.39 is 12.0 Å².